The molecule has 0 spiro atoms. The van der Waals surface area contributed by atoms with Gasteiger partial charge in [0.1, 0.15) is 5.82 Å². The summed E-state index contributed by atoms with van der Waals surface area (Å²) in [5.41, 5.74) is 1.21. The highest BCUT2D eigenvalue weighted by Gasteiger charge is 2.30. The van der Waals surface area contributed by atoms with E-state index in [0.717, 1.165) is 18.5 Å². The summed E-state index contributed by atoms with van der Waals surface area (Å²) in [7, 11) is 0. The molecule has 1 amide bonds. The van der Waals surface area contributed by atoms with Gasteiger partial charge in [0.2, 0.25) is 5.91 Å². The zero-order valence-corrected chi connectivity index (χ0v) is 20.0. The van der Waals surface area contributed by atoms with Gasteiger partial charge in [0, 0.05) is 13.0 Å². The molecule has 5 nitrogen and oxygen atoms in total. The third-order valence-corrected chi connectivity index (χ3v) is 5.63. The maximum atomic E-state index is 13.6. The molecule has 3 rings (SSSR count). The van der Waals surface area contributed by atoms with Crippen molar-refractivity contribution in [1.29, 1.82) is 0 Å². The number of carbonyl (C=O) groups excluding carboxylic acids is 1. The number of carbonyl (C=O) groups is 1. The number of rotatable bonds is 8. The Morgan fingerprint density at radius 3 is 2.31 bits per heavy atom. The molecule has 1 heterocycles. The predicted octanol–water partition coefficient (Wildman–Crippen LogP) is 5.90. The molecule has 0 aliphatic heterocycles. The Morgan fingerprint density at radius 2 is 1.69 bits per heavy atom. The van der Waals surface area contributed by atoms with Crippen LogP contribution >= 0.6 is 0 Å². The lowest BCUT2D eigenvalue weighted by Crippen LogP contribution is -2.40. The van der Waals surface area contributed by atoms with Crippen LogP contribution in [0.15, 0.2) is 59.4 Å². The van der Waals surface area contributed by atoms with Crippen LogP contribution in [0.4, 0.5) is 0 Å². The first kappa shape index (κ1) is 23.7. The Kier molecular flexibility index (Phi) is 7.49. The molecule has 5 heteroatoms. The smallest absolute Gasteiger partial charge is 0.266 e. The Morgan fingerprint density at radius 1 is 1.03 bits per heavy atom. The summed E-state index contributed by atoms with van der Waals surface area (Å²) in [4.78, 5) is 34.0. The summed E-state index contributed by atoms with van der Waals surface area (Å²) in [5.74, 6) is 0.737. The largest absolute Gasteiger partial charge is 0.332 e. The molecule has 32 heavy (non-hydrogen) atoms. The van der Waals surface area contributed by atoms with Crippen molar-refractivity contribution < 1.29 is 4.79 Å². The lowest BCUT2D eigenvalue weighted by atomic mass is 9.91. The van der Waals surface area contributed by atoms with Crippen molar-refractivity contribution >= 4 is 16.8 Å². The molecule has 170 valence electrons. The first-order valence-corrected chi connectivity index (χ1v) is 11.6. The highest BCUT2D eigenvalue weighted by Crippen LogP contribution is 2.29. The molecule has 0 saturated heterocycles. The van der Waals surface area contributed by atoms with Crippen LogP contribution in [0, 0.1) is 5.41 Å². The van der Waals surface area contributed by atoms with Crippen LogP contribution in [0.3, 0.4) is 0 Å². The maximum Gasteiger partial charge on any atom is 0.266 e. The highest BCUT2D eigenvalue weighted by molar-refractivity contribution is 5.79. The molecule has 0 fully saturated rings. The lowest BCUT2D eigenvalue weighted by Gasteiger charge is -2.34. The second kappa shape index (κ2) is 10.1. The maximum absolute atomic E-state index is 13.6. The normalized spacial score (nSPS) is 12.7. The number of benzene rings is 2. The van der Waals surface area contributed by atoms with Crippen LogP contribution in [-0.2, 0) is 4.79 Å². The van der Waals surface area contributed by atoms with Gasteiger partial charge in [-0.1, -0.05) is 71.4 Å². The van der Waals surface area contributed by atoms with Gasteiger partial charge in [0.05, 0.1) is 22.6 Å². The van der Waals surface area contributed by atoms with E-state index in [-0.39, 0.29) is 22.9 Å². The number of fused-ring (bicyclic) bond motifs is 1. The zero-order chi connectivity index (χ0) is 23.3. The lowest BCUT2D eigenvalue weighted by molar-refractivity contribution is -0.136. The number of hydrogen-bond donors (Lipinski definition) is 0. The Labute approximate surface area is 191 Å². The first-order valence-electron chi connectivity index (χ1n) is 11.6. The van der Waals surface area contributed by atoms with Gasteiger partial charge in [-0.05, 0) is 42.5 Å². The van der Waals surface area contributed by atoms with Crippen LogP contribution in [0.5, 0.6) is 0 Å². The average Bonchev–Trinajstić information content (AvgIpc) is 2.76. The minimum atomic E-state index is -0.283. The quantitative estimate of drug-likeness (QED) is 0.444. The molecule has 1 unspecified atom stereocenters. The van der Waals surface area contributed by atoms with E-state index in [0.29, 0.717) is 36.1 Å². The Balaban J connectivity index is 2.23. The van der Waals surface area contributed by atoms with E-state index in [2.05, 4.69) is 34.6 Å². The summed E-state index contributed by atoms with van der Waals surface area (Å²) < 4.78 is 1.69. The van der Waals surface area contributed by atoms with Gasteiger partial charge in [-0.25, -0.2) is 4.98 Å². The first-order chi connectivity index (χ1) is 15.3. The number of amides is 1. The second-order valence-electron chi connectivity index (χ2n) is 9.57. The van der Waals surface area contributed by atoms with E-state index >= 15 is 0 Å². The van der Waals surface area contributed by atoms with Gasteiger partial charge >= 0.3 is 0 Å². The molecule has 0 radical (unpaired) electrons. The molecule has 1 aromatic heterocycles. The zero-order valence-electron chi connectivity index (χ0n) is 20.0. The van der Waals surface area contributed by atoms with Crippen LogP contribution in [0.25, 0.3) is 16.6 Å². The third kappa shape index (κ3) is 5.26. The summed E-state index contributed by atoms with van der Waals surface area (Å²) in [5, 5.41) is 0.580. The highest BCUT2D eigenvalue weighted by atomic mass is 16.2. The summed E-state index contributed by atoms with van der Waals surface area (Å²) in [6, 6.07) is 16.8. The molecule has 0 bridgehead atoms. The molecule has 1 atom stereocenters. The number of aromatic nitrogens is 2. The number of nitrogens with zero attached hydrogens (tertiary/aromatic N) is 3. The summed E-state index contributed by atoms with van der Waals surface area (Å²) >= 11 is 0. The van der Waals surface area contributed by atoms with Crippen molar-refractivity contribution in [1.82, 2.24) is 14.5 Å². The van der Waals surface area contributed by atoms with Gasteiger partial charge in [-0.2, -0.15) is 0 Å². The minimum Gasteiger partial charge on any atom is -0.332 e. The topological polar surface area (TPSA) is 55.2 Å². The fourth-order valence-electron chi connectivity index (χ4n) is 4.08. The van der Waals surface area contributed by atoms with Crippen LogP contribution < -0.4 is 5.56 Å². The van der Waals surface area contributed by atoms with Crippen LogP contribution in [0.2, 0.25) is 0 Å². The van der Waals surface area contributed by atoms with Crippen molar-refractivity contribution in [3.63, 3.8) is 0 Å². The summed E-state index contributed by atoms with van der Waals surface area (Å²) in [6.45, 7) is 11.1. The summed E-state index contributed by atoms with van der Waals surface area (Å²) in [6.07, 6.45) is 3.04. The Hall–Kier alpha value is -2.95. The van der Waals surface area contributed by atoms with Gasteiger partial charge < -0.3 is 4.90 Å². The van der Waals surface area contributed by atoms with E-state index in [1.807, 2.05) is 59.5 Å². The van der Waals surface area contributed by atoms with E-state index in [9.17, 15) is 9.59 Å². The van der Waals surface area contributed by atoms with E-state index < -0.39 is 0 Å². The molecular formula is C27H35N3O2. The van der Waals surface area contributed by atoms with Crippen LogP contribution in [-0.4, -0.2) is 26.9 Å². The van der Waals surface area contributed by atoms with Gasteiger partial charge in [0.15, 0.2) is 0 Å². The molecule has 0 aliphatic rings. The third-order valence-electron chi connectivity index (χ3n) is 5.63. The molecule has 0 aliphatic carbocycles. The number of unbranched alkanes of at least 4 members (excludes halogenated alkanes) is 1. The van der Waals surface area contributed by atoms with E-state index in [1.165, 1.54) is 0 Å². The molecule has 0 N–H and O–H groups in total. The van der Waals surface area contributed by atoms with Crippen molar-refractivity contribution in [2.24, 2.45) is 5.41 Å². The SMILES string of the molecule is CCCCN(C(=O)CC(C)(C)C)C(CC)c1nc2ccccc2c(=O)n1-c1ccccc1. The number of hydrogen-bond acceptors (Lipinski definition) is 3. The van der Waals surface area contributed by atoms with Crippen molar-refractivity contribution in [3.05, 3.63) is 70.8 Å². The van der Waals surface area contributed by atoms with E-state index in [4.69, 9.17) is 4.98 Å². The molecule has 2 aromatic carbocycles. The minimum absolute atomic E-state index is 0.103. The van der Waals surface area contributed by atoms with Gasteiger partial charge in [-0.3, -0.25) is 14.2 Å². The number of para-hydroxylation sites is 2. The Bertz CT molecular complexity index is 1110. The molecule has 0 saturated carbocycles. The van der Waals surface area contributed by atoms with Gasteiger partial charge in [0.25, 0.3) is 5.56 Å². The standard InChI is InChI=1S/C27H35N3O2/c1-6-8-18-29(24(31)19-27(3,4)5)23(7-2)25-28-22-17-13-12-16-21(22)26(32)30(25)20-14-10-9-11-15-20/h9-17,23H,6-8,18-19H2,1-5H3. The molecular weight excluding hydrogens is 398 g/mol. The van der Waals surface area contributed by atoms with E-state index in [1.54, 1.807) is 4.57 Å². The predicted molar refractivity (Wildman–Crippen MR) is 131 cm³/mol. The van der Waals surface area contributed by atoms with Crippen molar-refractivity contribution in [2.75, 3.05) is 6.54 Å². The monoisotopic (exact) mass is 433 g/mol. The van der Waals surface area contributed by atoms with Gasteiger partial charge in [-0.15, -0.1) is 0 Å². The fraction of sp³-hybridized carbons (Fsp3) is 0.444. The second-order valence-corrected chi connectivity index (χ2v) is 9.57. The molecule has 3 aromatic rings. The fourth-order valence-corrected chi connectivity index (χ4v) is 4.08. The van der Waals surface area contributed by atoms with Crippen LogP contribution in [0.1, 0.15) is 72.2 Å². The average molecular weight is 434 g/mol. The van der Waals surface area contributed by atoms with Crippen molar-refractivity contribution in [2.45, 2.75) is 66.3 Å². The van der Waals surface area contributed by atoms with Crippen molar-refractivity contribution in [3.8, 4) is 5.69 Å².